The molecule has 0 aliphatic rings. The fourth-order valence-electron chi connectivity index (χ4n) is 2.22. The van der Waals surface area contributed by atoms with Crippen LogP contribution in [-0.2, 0) is 0 Å². The summed E-state index contributed by atoms with van der Waals surface area (Å²) in [5, 5.41) is 7.00. The fraction of sp³-hybridized carbons (Fsp3) is 0.412. The molecule has 1 amide bonds. The Hall–Kier alpha value is -1.14. The van der Waals surface area contributed by atoms with E-state index in [1.165, 1.54) is 0 Å². The minimum absolute atomic E-state index is 0. The van der Waals surface area contributed by atoms with Gasteiger partial charge in [0.05, 0.1) is 17.0 Å². The van der Waals surface area contributed by atoms with Crippen LogP contribution in [0.5, 0.6) is 0 Å². The number of rotatable bonds is 6. The van der Waals surface area contributed by atoms with E-state index < -0.39 is 0 Å². The molecule has 134 valence electrons. The highest BCUT2D eigenvalue weighted by molar-refractivity contribution is 7.08. The molecule has 0 aliphatic heterocycles. The largest absolute Gasteiger partial charge is 0.350 e. The first-order valence-electron chi connectivity index (χ1n) is 7.56. The van der Waals surface area contributed by atoms with Crippen molar-refractivity contribution in [3.05, 3.63) is 40.2 Å². The zero-order valence-corrected chi connectivity index (χ0v) is 16.6. The quantitative estimate of drug-likeness (QED) is 0.777. The van der Waals surface area contributed by atoms with Gasteiger partial charge in [0.25, 0.3) is 5.91 Å². The first kappa shape index (κ1) is 22.9. The number of halogens is 2. The van der Waals surface area contributed by atoms with Crippen molar-refractivity contribution in [2.24, 2.45) is 5.73 Å². The van der Waals surface area contributed by atoms with Crippen LogP contribution >= 0.6 is 36.2 Å². The van der Waals surface area contributed by atoms with E-state index in [2.05, 4.69) is 10.3 Å². The highest BCUT2D eigenvalue weighted by Crippen LogP contribution is 2.21. The molecule has 0 fully saturated rings. The summed E-state index contributed by atoms with van der Waals surface area (Å²) in [6, 6.07) is 5.75. The number of hydrogen-bond acceptors (Lipinski definition) is 4. The minimum atomic E-state index is -0.340. The Labute approximate surface area is 160 Å². The molecule has 0 bridgehead atoms. The number of nitrogens with two attached hydrogens (primary N) is 1. The van der Waals surface area contributed by atoms with Crippen LogP contribution in [-0.4, -0.2) is 23.0 Å². The topological polar surface area (TPSA) is 68.0 Å². The fourth-order valence-corrected chi connectivity index (χ4v) is 2.87. The van der Waals surface area contributed by atoms with Crippen molar-refractivity contribution in [2.45, 2.75) is 39.2 Å². The van der Waals surface area contributed by atoms with Gasteiger partial charge in [-0.1, -0.05) is 13.8 Å². The van der Waals surface area contributed by atoms with Crippen molar-refractivity contribution in [2.75, 3.05) is 6.54 Å². The molecular weight excluding hydrogens is 365 g/mol. The summed E-state index contributed by atoms with van der Waals surface area (Å²) in [6.45, 7) is 6.42. The maximum Gasteiger partial charge on any atom is 0.253 e. The van der Waals surface area contributed by atoms with Gasteiger partial charge in [-0.15, -0.1) is 24.8 Å². The summed E-state index contributed by atoms with van der Waals surface area (Å²) >= 11 is 1.63. The lowest BCUT2D eigenvalue weighted by Crippen LogP contribution is -2.49. The molecule has 0 saturated heterocycles. The van der Waals surface area contributed by atoms with E-state index in [0.29, 0.717) is 12.1 Å². The summed E-state index contributed by atoms with van der Waals surface area (Å²) in [4.78, 5) is 16.9. The van der Waals surface area contributed by atoms with Crippen molar-refractivity contribution >= 4 is 42.1 Å². The van der Waals surface area contributed by atoms with Crippen LogP contribution in [0.25, 0.3) is 11.3 Å². The molecule has 2 aromatic rings. The van der Waals surface area contributed by atoms with Crippen LogP contribution in [0.2, 0.25) is 0 Å². The lowest BCUT2D eigenvalue weighted by atomic mass is 9.94. The molecule has 0 atom stereocenters. The summed E-state index contributed by atoms with van der Waals surface area (Å²) < 4.78 is 0. The highest BCUT2D eigenvalue weighted by Gasteiger charge is 2.21. The van der Waals surface area contributed by atoms with Gasteiger partial charge in [-0.05, 0) is 43.3 Å². The van der Waals surface area contributed by atoms with Crippen molar-refractivity contribution in [1.82, 2.24) is 10.3 Å². The molecule has 0 saturated carbocycles. The number of thiophene rings is 1. The molecule has 7 heteroatoms. The van der Waals surface area contributed by atoms with Crippen LogP contribution in [0.3, 0.4) is 0 Å². The predicted octanol–water partition coefficient (Wildman–Crippen LogP) is 4.21. The molecule has 2 rings (SSSR count). The first-order valence-corrected chi connectivity index (χ1v) is 8.50. The molecule has 0 unspecified atom stereocenters. The Balaban J connectivity index is 0.00000264. The second-order valence-corrected chi connectivity index (χ2v) is 6.37. The van der Waals surface area contributed by atoms with E-state index >= 15 is 0 Å². The molecule has 0 spiro atoms. The van der Waals surface area contributed by atoms with Crippen LogP contribution in [0, 0.1) is 6.92 Å². The van der Waals surface area contributed by atoms with Gasteiger partial charge in [0.15, 0.2) is 0 Å². The second kappa shape index (κ2) is 9.99. The molecule has 0 radical (unpaired) electrons. The third-order valence-electron chi connectivity index (χ3n) is 4.16. The highest BCUT2D eigenvalue weighted by atomic mass is 35.5. The molecule has 2 aromatic heterocycles. The molecule has 24 heavy (non-hydrogen) atoms. The molecule has 0 aliphatic carbocycles. The van der Waals surface area contributed by atoms with Crippen molar-refractivity contribution in [1.29, 1.82) is 0 Å². The van der Waals surface area contributed by atoms with Crippen molar-refractivity contribution in [3.63, 3.8) is 0 Å². The number of pyridine rings is 1. The van der Waals surface area contributed by atoms with E-state index in [4.69, 9.17) is 5.73 Å². The average Bonchev–Trinajstić information content (AvgIpc) is 3.06. The van der Waals surface area contributed by atoms with Gasteiger partial charge >= 0.3 is 0 Å². The number of aryl methyl sites for hydroxylation is 1. The molecular formula is C17H25Cl2N3OS. The number of carbonyl (C=O) groups is 1. The SMILES string of the molecule is CCC(N)(CC)CNC(=O)c1ccc(-c2ccsc2)nc1C.Cl.Cl. The first-order chi connectivity index (χ1) is 10.5. The van der Waals surface area contributed by atoms with Gasteiger partial charge in [-0.25, -0.2) is 0 Å². The van der Waals surface area contributed by atoms with Crippen LogP contribution in [0.15, 0.2) is 29.0 Å². The second-order valence-electron chi connectivity index (χ2n) is 5.59. The summed E-state index contributed by atoms with van der Waals surface area (Å²) in [5.41, 5.74) is 9.19. The monoisotopic (exact) mass is 389 g/mol. The molecule has 0 aromatic carbocycles. The van der Waals surface area contributed by atoms with Crippen LogP contribution < -0.4 is 11.1 Å². The van der Waals surface area contributed by atoms with E-state index in [0.717, 1.165) is 29.8 Å². The average molecular weight is 390 g/mol. The number of nitrogens with one attached hydrogen (secondary N) is 1. The molecule has 4 nitrogen and oxygen atoms in total. The maximum atomic E-state index is 12.3. The Bertz CT molecular complexity index is 643. The minimum Gasteiger partial charge on any atom is -0.350 e. The Morgan fingerprint density at radius 2 is 1.92 bits per heavy atom. The maximum absolute atomic E-state index is 12.3. The standard InChI is InChI=1S/C17H23N3OS.2ClH/c1-4-17(18,5-2)11-19-16(21)14-6-7-15(20-12(14)3)13-8-9-22-10-13;;/h6-10H,4-5,11,18H2,1-3H3,(H,19,21);2*1H. The van der Waals surface area contributed by atoms with Gasteiger partial charge in [0.2, 0.25) is 0 Å². The lowest BCUT2D eigenvalue weighted by Gasteiger charge is -2.26. The van der Waals surface area contributed by atoms with E-state index in [1.54, 1.807) is 11.3 Å². The Morgan fingerprint density at radius 1 is 1.25 bits per heavy atom. The van der Waals surface area contributed by atoms with Crippen molar-refractivity contribution in [3.8, 4) is 11.3 Å². The van der Waals surface area contributed by atoms with Gasteiger partial charge in [0.1, 0.15) is 0 Å². The lowest BCUT2D eigenvalue weighted by molar-refractivity contribution is 0.0941. The Morgan fingerprint density at radius 3 is 2.42 bits per heavy atom. The predicted molar refractivity (Wildman–Crippen MR) is 107 cm³/mol. The summed E-state index contributed by atoms with van der Waals surface area (Å²) in [7, 11) is 0. The van der Waals surface area contributed by atoms with Gasteiger partial charge in [-0.2, -0.15) is 11.3 Å². The number of amides is 1. The van der Waals surface area contributed by atoms with Gasteiger partial charge in [-0.3, -0.25) is 9.78 Å². The van der Waals surface area contributed by atoms with Gasteiger partial charge in [0, 0.05) is 23.0 Å². The summed E-state index contributed by atoms with van der Waals surface area (Å²) in [6.07, 6.45) is 1.66. The number of carbonyl (C=O) groups excluding carboxylic acids is 1. The van der Waals surface area contributed by atoms with E-state index in [9.17, 15) is 4.79 Å². The zero-order valence-electron chi connectivity index (χ0n) is 14.2. The van der Waals surface area contributed by atoms with E-state index in [-0.39, 0.29) is 36.3 Å². The smallest absolute Gasteiger partial charge is 0.253 e. The summed E-state index contributed by atoms with van der Waals surface area (Å²) in [5.74, 6) is -0.112. The normalized spacial score (nSPS) is 10.5. The molecule has 2 heterocycles. The Kier molecular flexibility index (Phi) is 9.51. The third kappa shape index (κ3) is 5.45. The number of aromatic nitrogens is 1. The van der Waals surface area contributed by atoms with Crippen LogP contribution in [0.4, 0.5) is 0 Å². The van der Waals surface area contributed by atoms with Crippen molar-refractivity contribution < 1.29 is 4.79 Å². The number of nitrogens with zero attached hydrogens (tertiary/aromatic N) is 1. The van der Waals surface area contributed by atoms with Gasteiger partial charge < -0.3 is 11.1 Å². The van der Waals surface area contributed by atoms with Crippen LogP contribution in [0.1, 0.15) is 42.7 Å². The zero-order chi connectivity index (χ0) is 16.2. The van der Waals surface area contributed by atoms with E-state index in [1.807, 2.05) is 49.7 Å². The molecule has 3 N–H and O–H groups in total. The third-order valence-corrected chi connectivity index (χ3v) is 4.84. The number of hydrogen-bond donors (Lipinski definition) is 2.